The van der Waals surface area contributed by atoms with Crippen LogP contribution >= 0.6 is 0 Å². The summed E-state index contributed by atoms with van der Waals surface area (Å²) in [6.07, 6.45) is 1.47. The summed E-state index contributed by atoms with van der Waals surface area (Å²) < 4.78 is 4.75. The second-order valence-corrected chi connectivity index (χ2v) is 4.50. The van der Waals surface area contributed by atoms with Crippen molar-refractivity contribution >= 4 is 23.2 Å². The molecule has 1 amide bonds. The number of nitrogens with one attached hydrogen (secondary N) is 1. The summed E-state index contributed by atoms with van der Waals surface area (Å²) in [5.41, 5.74) is 0.959. The summed E-state index contributed by atoms with van der Waals surface area (Å²) in [6, 6.07) is 4.69. The number of benzene rings is 1. The van der Waals surface area contributed by atoms with Gasteiger partial charge in [0.15, 0.2) is 0 Å². The molecule has 0 aromatic heterocycles. The number of nitro benzene ring substituents is 1. The first-order chi connectivity index (χ1) is 9.61. The number of carbonyl (C=O) groups excluding carboxylic acids is 1. The number of rotatable bonds is 4. The molecule has 7 heteroatoms. The Bertz CT molecular complexity index is 512. The number of ether oxygens (including phenoxy) is 1. The highest BCUT2D eigenvalue weighted by Gasteiger charge is 2.22. The minimum absolute atomic E-state index is 0.00111. The molecule has 1 saturated heterocycles. The van der Waals surface area contributed by atoms with Crippen molar-refractivity contribution in [1.82, 2.24) is 0 Å². The lowest BCUT2D eigenvalue weighted by Crippen LogP contribution is -2.19. The van der Waals surface area contributed by atoms with Crippen LogP contribution in [0.5, 0.6) is 0 Å². The molecule has 1 N–H and O–H groups in total. The van der Waals surface area contributed by atoms with E-state index in [9.17, 15) is 14.9 Å². The highest BCUT2D eigenvalue weighted by atomic mass is 16.6. The van der Waals surface area contributed by atoms with Gasteiger partial charge in [0.25, 0.3) is 5.69 Å². The Morgan fingerprint density at radius 1 is 1.45 bits per heavy atom. The Kier molecular flexibility index (Phi) is 4.39. The van der Waals surface area contributed by atoms with Gasteiger partial charge in [0, 0.05) is 19.2 Å². The van der Waals surface area contributed by atoms with E-state index in [1.165, 1.54) is 6.07 Å². The van der Waals surface area contributed by atoms with Gasteiger partial charge in [-0.25, -0.2) is 4.79 Å². The van der Waals surface area contributed by atoms with Crippen LogP contribution in [0.3, 0.4) is 0 Å². The molecule has 0 radical (unpaired) electrons. The van der Waals surface area contributed by atoms with Gasteiger partial charge in [-0.1, -0.05) is 0 Å². The predicted octanol–water partition coefficient (Wildman–Crippen LogP) is 2.76. The zero-order chi connectivity index (χ0) is 14.5. The number of carbonyl (C=O) groups is 1. The van der Waals surface area contributed by atoms with E-state index in [0.29, 0.717) is 11.4 Å². The SMILES string of the molecule is CCOC(=O)Nc1ccc(N2CCCC2)c([N+](=O)[O-])c1. The third-order valence-corrected chi connectivity index (χ3v) is 3.14. The topological polar surface area (TPSA) is 84.7 Å². The molecule has 0 bridgehead atoms. The summed E-state index contributed by atoms with van der Waals surface area (Å²) in [7, 11) is 0. The number of hydrogen-bond donors (Lipinski definition) is 1. The predicted molar refractivity (Wildman–Crippen MR) is 75.2 cm³/mol. The fourth-order valence-electron chi connectivity index (χ4n) is 2.26. The van der Waals surface area contributed by atoms with Gasteiger partial charge in [-0.3, -0.25) is 15.4 Å². The van der Waals surface area contributed by atoms with Crippen LogP contribution < -0.4 is 10.2 Å². The molecule has 1 aromatic carbocycles. The van der Waals surface area contributed by atoms with Crippen molar-refractivity contribution in [3.8, 4) is 0 Å². The van der Waals surface area contributed by atoms with Gasteiger partial charge < -0.3 is 9.64 Å². The summed E-state index contributed by atoms with van der Waals surface area (Å²) in [5.74, 6) is 0. The van der Waals surface area contributed by atoms with Crippen molar-refractivity contribution in [1.29, 1.82) is 0 Å². The zero-order valence-corrected chi connectivity index (χ0v) is 11.3. The first kappa shape index (κ1) is 14.1. The quantitative estimate of drug-likeness (QED) is 0.676. The molecule has 108 valence electrons. The number of nitrogens with zero attached hydrogens (tertiary/aromatic N) is 2. The standard InChI is InChI=1S/C13H17N3O4/c1-2-20-13(17)14-10-5-6-11(12(9-10)16(18)19)15-7-3-4-8-15/h5-6,9H,2-4,7-8H2,1H3,(H,14,17). The lowest BCUT2D eigenvalue weighted by molar-refractivity contribution is -0.384. The third-order valence-electron chi connectivity index (χ3n) is 3.14. The van der Waals surface area contributed by atoms with Crippen molar-refractivity contribution in [3.63, 3.8) is 0 Å². The fourth-order valence-corrected chi connectivity index (χ4v) is 2.26. The normalized spacial score (nSPS) is 14.2. The molecule has 2 rings (SSSR count). The van der Waals surface area contributed by atoms with Gasteiger partial charge in [-0.2, -0.15) is 0 Å². The lowest BCUT2D eigenvalue weighted by atomic mass is 10.2. The molecule has 0 unspecified atom stereocenters. The molecule has 0 atom stereocenters. The summed E-state index contributed by atoms with van der Waals surface area (Å²) in [4.78, 5) is 24.1. The van der Waals surface area contributed by atoms with Crippen molar-refractivity contribution in [3.05, 3.63) is 28.3 Å². The van der Waals surface area contributed by atoms with Crippen LogP contribution in [0.15, 0.2) is 18.2 Å². The Balaban J connectivity index is 2.23. The van der Waals surface area contributed by atoms with E-state index in [0.717, 1.165) is 25.9 Å². The van der Waals surface area contributed by atoms with E-state index in [2.05, 4.69) is 5.32 Å². The molecule has 1 fully saturated rings. The summed E-state index contributed by atoms with van der Waals surface area (Å²) in [6.45, 7) is 3.59. The fraction of sp³-hybridized carbons (Fsp3) is 0.462. The molecule has 1 heterocycles. The van der Waals surface area contributed by atoms with Crippen molar-refractivity contribution in [2.75, 3.05) is 29.9 Å². The van der Waals surface area contributed by atoms with E-state index in [4.69, 9.17) is 4.74 Å². The van der Waals surface area contributed by atoms with Gasteiger partial charge in [0.1, 0.15) is 5.69 Å². The van der Waals surface area contributed by atoms with Gasteiger partial charge in [0.05, 0.1) is 17.2 Å². The largest absolute Gasteiger partial charge is 0.450 e. The van der Waals surface area contributed by atoms with E-state index in [-0.39, 0.29) is 12.3 Å². The molecule has 0 saturated carbocycles. The molecule has 0 aliphatic carbocycles. The molecule has 20 heavy (non-hydrogen) atoms. The maximum Gasteiger partial charge on any atom is 0.411 e. The Hall–Kier alpha value is -2.31. The van der Waals surface area contributed by atoms with E-state index >= 15 is 0 Å². The van der Waals surface area contributed by atoms with Gasteiger partial charge >= 0.3 is 6.09 Å². The maximum absolute atomic E-state index is 11.3. The molecule has 1 aliphatic heterocycles. The van der Waals surface area contributed by atoms with Crippen molar-refractivity contribution in [2.45, 2.75) is 19.8 Å². The lowest BCUT2D eigenvalue weighted by Gasteiger charge is -2.18. The number of hydrogen-bond acceptors (Lipinski definition) is 5. The highest BCUT2D eigenvalue weighted by molar-refractivity contribution is 5.86. The van der Waals surface area contributed by atoms with Gasteiger partial charge in [-0.15, -0.1) is 0 Å². The van der Waals surface area contributed by atoms with Gasteiger partial charge in [0.2, 0.25) is 0 Å². The van der Waals surface area contributed by atoms with Crippen LogP contribution in [0.2, 0.25) is 0 Å². The average Bonchev–Trinajstić information content (AvgIpc) is 2.92. The Morgan fingerprint density at radius 2 is 2.15 bits per heavy atom. The van der Waals surface area contributed by atoms with E-state index < -0.39 is 11.0 Å². The summed E-state index contributed by atoms with van der Waals surface area (Å²) >= 11 is 0. The number of amides is 1. The molecule has 1 aliphatic rings. The highest BCUT2D eigenvalue weighted by Crippen LogP contribution is 2.33. The average molecular weight is 279 g/mol. The number of nitro groups is 1. The first-order valence-corrected chi connectivity index (χ1v) is 6.59. The summed E-state index contributed by atoms with van der Waals surface area (Å²) in [5, 5.41) is 13.6. The van der Waals surface area contributed by atoms with Crippen LogP contribution in [0, 0.1) is 10.1 Å². The van der Waals surface area contributed by atoms with Crippen molar-refractivity contribution < 1.29 is 14.5 Å². The van der Waals surface area contributed by atoms with Crippen LogP contribution in [0.1, 0.15) is 19.8 Å². The second kappa shape index (κ2) is 6.23. The molecule has 7 nitrogen and oxygen atoms in total. The third kappa shape index (κ3) is 3.17. The molecular formula is C13H17N3O4. The zero-order valence-electron chi connectivity index (χ0n) is 11.3. The van der Waals surface area contributed by atoms with E-state index in [1.54, 1.807) is 19.1 Å². The Morgan fingerprint density at radius 3 is 2.75 bits per heavy atom. The maximum atomic E-state index is 11.3. The minimum atomic E-state index is -0.615. The molecular weight excluding hydrogens is 262 g/mol. The first-order valence-electron chi connectivity index (χ1n) is 6.59. The van der Waals surface area contributed by atoms with Gasteiger partial charge in [-0.05, 0) is 31.9 Å². The molecule has 1 aromatic rings. The minimum Gasteiger partial charge on any atom is -0.450 e. The monoisotopic (exact) mass is 279 g/mol. The molecule has 0 spiro atoms. The Labute approximate surface area is 116 Å². The van der Waals surface area contributed by atoms with Crippen LogP contribution in [-0.2, 0) is 4.74 Å². The van der Waals surface area contributed by atoms with Crippen LogP contribution in [0.4, 0.5) is 21.9 Å². The smallest absolute Gasteiger partial charge is 0.411 e. The van der Waals surface area contributed by atoms with Crippen LogP contribution in [0.25, 0.3) is 0 Å². The van der Waals surface area contributed by atoms with Crippen molar-refractivity contribution in [2.24, 2.45) is 0 Å². The second-order valence-electron chi connectivity index (χ2n) is 4.50. The van der Waals surface area contributed by atoms with Crippen LogP contribution in [-0.4, -0.2) is 30.7 Å². The van der Waals surface area contributed by atoms with E-state index in [1.807, 2.05) is 4.90 Å². The number of anilines is 2.